The van der Waals surface area contributed by atoms with Crippen molar-refractivity contribution in [3.05, 3.63) is 17.0 Å². The lowest BCUT2D eigenvalue weighted by Gasteiger charge is -2.26. The molecule has 0 aliphatic carbocycles. The molecule has 0 saturated carbocycles. The van der Waals surface area contributed by atoms with Crippen molar-refractivity contribution in [1.29, 1.82) is 0 Å². The van der Waals surface area contributed by atoms with Gasteiger partial charge < -0.3 is 5.32 Å². The number of thiophene rings is 1. The van der Waals surface area contributed by atoms with Crippen LogP contribution in [0, 0.1) is 5.92 Å². The summed E-state index contributed by atoms with van der Waals surface area (Å²) in [4.78, 5) is 1.04. The highest BCUT2D eigenvalue weighted by Gasteiger charge is 2.28. The molecule has 0 saturated heterocycles. The maximum Gasteiger partial charge on any atom is 0.252 e. The van der Waals surface area contributed by atoms with Gasteiger partial charge in [0.05, 0.1) is 0 Å². The Bertz CT molecular complexity index is 521. The van der Waals surface area contributed by atoms with Gasteiger partial charge in [0.2, 0.25) is 0 Å². The number of hydrogen-bond donors (Lipinski definition) is 1. The van der Waals surface area contributed by atoms with Crippen LogP contribution in [-0.4, -0.2) is 31.9 Å². The van der Waals surface area contributed by atoms with Gasteiger partial charge in [0.25, 0.3) is 10.0 Å². The zero-order valence-corrected chi connectivity index (χ0v) is 14.8. The second-order valence-electron chi connectivity index (χ2n) is 5.76. The fourth-order valence-electron chi connectivity index (χ4n) is 1.68. The second-order valence-corrected chi connectivity index (χ2v) is 9.15. The zero-order chi connectivity index (χ0) is 15.5. The van der Waals surface area contributed by atoms with Gasteiger partial charge in [-0.15, -0.1) is 11.3 Å². The minimum Gasteiger partial charge on any atom is -0.310 e. The summed E-state index contributed by atoms with van der Waals surface area (Å²) in [5.41, 5.74) is 0. The van der Waals surface area contributed by atoms with Crippen molar-refractivity contribution in [1.82, 2.24) is 9.62 Å². The molecule has 1 aromatic rings. The van der Waals surface area contributed by atoms with Gasteiger partial charge in [-0.1, -0.05) is 27.7 Å². The average Bonchev–Trinajstić information content (AvgIpc) is 2.83. The molecule has 1 rings (SSSR count). The predicted molar refractivity (Wildman–Crippen MR) is 85.5 cm³/mol. The van der Waals surface area contributed by atoms with Crippen LogP contribution in [0.4, 0.5) is 0 Å². The molecule has 1 heterocycles. The molecule has 0 fully saturated rings. The molecule has 0 radical (unpaired) electrons. The van der Waals surface area contributed by atoms with Crippen LogP contribution in [0.3, 0.4) is 0 Å². The first-order valence-corrected chi connectivity index (χ1v) is 9.22. The van der Waals surface area contributed by atoms with Crippen molar-refractivity contribution < 1.29 is 8.42 Å². The molecule has 0 aliphatic heterocycles. The lowest BCUT2D eigenvalue weighted by molar-refractivity contribution is 0.316. The van der Waals surface area contributed by atoms with E-state index in [1.165, 1.54) is 15.6 Å². The zero-order valence-electron chi connectivity index (χ0n) is 13.2. The molecule has 0 spiro atoms. The smallest absolute Gasteiger partial charge is 0.252 e. The molecular formula is C14H26N2O2S2. The Balaban J connectivity index is 2.88. The summed E-state index contributed by atoms with van der Waals surface area (Å²) in [5, 5.41) is 3.30. The monoisotopic (exact) mass is 318 g/mol. The van der Waals surface area contributed by atoms with Crippen molar-refractivity contribution in [2.75, 3.05) is 7.05 Å². The molecule has 0 bridgehead atoms. The molecule has 116 valence electrons. The maximum atomic E-state index is 12.5. The average molecular weight is 319 g/mol. The molecule has 4 nitrogen and oxygen atoms in total. The third-order valence-corrected chi connectivity index (χ3v) is 6.99. The molecular weight excluding hydrogens is 292 g/mol. The number of rotatable bonds is 7. The Kier molecular flexibility index (Phi) is 6.19. The molecule has 0 aliphatic rings. The normalized spacial score (nSPS) is 14.4. The van der Waals surface area contributed by atoms with E-state index >= 15 is 0 Å². The molecule has 6 heteroatoms. The van der Waals surface area contributed by atoms with Crippen LogP contribution in [0.15, 0.2) is 16.3 Å². The number of nitrogens with zero attached hydrogens (tertiary/aromatic N) is 1. The topological polar surface area (TPSA) is 49.4 Å². The molecule has 1 aromatic heterocycles. The highest BCUT2D eigenvalue weighted by Crippen LogP contribution is 2.26. The van der Waals surface area contributed by atoms with E-state index in [-0.39, 0.29) is 12.0 Å². The van der Waals surface area contributed by atoms with Crippen LogP contribution in [0.5, 0.6) is 0 Å². The first-order chi connectivity index (χ1) is 9.16. The highest BCUT2D eigenvalue weighted by atomic mass is 32.2. The van der Waals surface area contributed by atoms with Crippen LogP contribution in [0.2, 0.25) is 0 Å². The molecule has 1 N–H and O–H groups in total. The van der Waals surface area contributed by atoms with Gasteiger partial charge in [0.15, 0.2) is 0 Å². The number of nitrogens with one attached hydrogen (secondary N) is 1. The molecule has 0 amide bonds. The van der Waals surface area contributed by atoms with Crippen molar-refractivity contribution >= 4 is 21.4 Å². The third kappa shape index (κ3) is 4.28. The van der Waals surface area contributed by atoms with E-state index in [9.17, 15) is 8.42 Å². The summed E-state index contributed by atoms with van der Waals surface area (Å²) in [5.74, 6) is 0.289. The Hall–Kier alpha value is -0.430. The minimum absolute atomic E-state index is 0.0145. The summed E-state index contributed by atoms with van der Waals surface area (Å²) in [6, 6.07) is 3.97. The number of sulfonamides is 1. The van der Waals surface area contributed by atoms with E-state index in [0.29, 0.717) is 16.8 Å². The summed E-state index contributed by atoms with van der Waals surface area (Å²) >= 11 is 1.35. The first-order valence-electron chi connectivity index (χ1n) is 6.96. The molecule has 0 aromatic carbocycles. The Morgan fingerprint density at radius 2 is 1.80 bits per heavy atom. The Labute approximate surface area is 127 Å². The summed E-state index contributed by atoms with van der Waals surface area (Å²) in [6.07, 6.45) is 0. The van der Waals surface area contributed by atoms with Crippen molar-refractivity contribution in [2.24, 2.45) is 5.92 Å². The van der Waals surface area contributed by atoms with Crippen LogP contribution < -0.4 is 5.32 Å². The summed E-state index contributed by atoms with van der Waals surface area (Å²) < 4.78 is 27.0. The maximum absolute atomic E-state index is 12.5. The lowest BCUT2D eigenvalue weighted by atomic mass is 10.1. The van der Waals surface area contributed by atoms with Crippen LogP contribution in [-0.2, 0) is 16.6 Å². The largest absolute Gasteiger partial charge is 0.310 e. The van der Waals surface area contributed by atoms with Gasteiger partial charge >= 0.3 is 0 Å². The molecule has 1 atom stereocenters. The molecule has 1 unspecified atom stereocenters. The second kappa shape index (κ2) is 7.02. The minimum atomic E-state index is -3.38. The van der Waals surface area contributed by atoms with Gasteiger partial charge in [-0.3, -0.25) is 0 Å². The van der Waals surface area contributed by atoms with Crippen molar-refractivity contribution in [3.8, 4) is 0 Å². The van der Waals surface area contributed by atoms with E-state index in [2.05, 4.69) is 19.2 Å². The lowest BCUT2D eigenvalue weighted by Crippen LogP contribution is -2.37. The third-order valence-electron chi connectivity index (χ3n) is 3.49. The van der Waals surface area contributed by atoms with Gasteiger partial charge in [-0.25, -0.2) is 8.42 Å². The fraction of sp³-hybridized carbons (Fsp3) is 0.714. The van der Waals surface area contributed by atoms with Crippen LogP contribution in [0.25, 0.3) is 0 Å². The van der Waals surface area contributed by atoms with Gasteiger partial charge in [0.1, 0.15) is 4.21 Å². The summed E-state index contributed by atoms with van der Waals surface area (Å²) in [6.45, 7) is 10.9. The van der Waals surface area contributed by atoms with Crippen LogP contribution >= 0.6 is 11.3 Å². The number of hydrogen-bond acceptors (Lipinski definition) is 4. The van der Waals surface area contributed by atoms with Gasteiger partial charge in [-0.2, -0.15) is 4.31 Å². The van der Waals surface area contributed by atoms with Crippen molar-refractivity contribution in [2.45, 2.75) is 57.5 Å². The van der Waals surface area contributed by atoms with E-state index in [4.69, 9.17) is 0 Å². The van der Waals surface area contributed by atoms with E-state index in [1.807, 2.05) is 26.8 Å². The van der Waals surface area contributed by atoms with E-state index < -0.39 is 10.0 Å². The van der Waals surface area contributed by atoms with E-state index in [0.717, 1.165) is 4.88 Å². The fourth-order valence-corrected chi connectivity index (χ4v) is 4.66. The van der Waals surface area contributed by atoms with Gasteiger partial charge in [-0.05, 0) is 25.0 Å². The standard InChI is InChI=1S/C14H26N2O2S2/c1-10(2)12(5)16(6)20(17,18)14-8-7-13(19-14)9-15-11(3)4/h7-8,10-12,15H,9H2,1-6H3. The van der Waals surface area contributed by atoms with Crippen molar-refractivity contribution in [3.63, 3.8) is 0 Å². The molecule has 20 heavy (non-hydrogen) atoms. The van der Waals surface area contributed by atoms with Crippen LogP contribution in [0.1, 0.15) is 39.5 Å². The summed E-state index contributed by atoms with van der Waals surface area (Å²) in [7, 11) is -1.72. The van der Waals surface area contributed by atoms with Gasteiger partial charge in [0, 0.05) is 30.6 Å². The first kappa shape index (κ1) is 17.6. The Morgan fingerprint density at radius 3 is 2.30 bits per heavy atom. The van der Waals surface area contributed by atoms with E-state index in [1.54, 1.807) is 13.1 Å². The quantitative estimate of drug-likeness (QED) is 0.841. The SMILES string of the molecule is CC(C)NCc1ccc(S(=O)(=O)N(C)C(C)C(C)C)s1. The highest BCUT2D eigenvalue weighted by molar-refractivity contribution is 7.91. The predicted octanol–water partition coefficient (Wildman–Crippen LogP) is 2.91. The Morgan fingerprint density at radius 1 is 1.20 bits per heavy atom.